The first-order valence-electron chi connectivity index (χ1n) is 10.5. The number of pyridine rings is 1. The highest BCUT2D eigenvalue weighted by Gasteiger charge is 2.24. The molecular formula is C22H24N6O3S. The van der Waals surface area contributed by atoms with Gasteiger partial charge < -0.3 is 19.9 Å². The molecule has 0 spiro atoms. The van der Waals surface area contributed by atoms with Gasteiger partial charge in [-0.1, -0.05) is 12.1 Å². The summed E-state index contributed by atoms with van der Waals surface area (Å²) in [6.07, 6.45) is 0. The molecule has 0 radical (unpaired) electrons. The number of likely N-dealkylation sites (N-methyl/N-ethyl adjacent to an activating group) is 1. The van der Waals surface area contributed by atoms with Crippen molar-refractivity contribution in [1.82, 2.24) is 24.8 Å². The fourth-order valence-electron chi connectivity index (χ4n) is 3.93. The zero-order valence-electron chi connectivity index (χ0n) is 18.0. The van der Waals surface area contributed by atoms with Crippen molar-refractivity contribution in [3.8, 4) is 0 Å². The van der Waals surface area contributed by atoms with E-state index in [9.17, 15) is 9.59 Å². The average molecular weight is 453 g/mol. The van der Waals surface area contributed by atoms with Gasteiger partial charge in [-0.2, -0.15) is 0 Å². The van der Waals surface area contributed by atoms with Crippen molar-refractivity contribution < 1.29 is 9.53 Å². The van der Waals surface area contributed by atoms with Gasteiger partial charge in [-0.3, -0.25) is 14.0 Å². The third-order valence-corrected chi connectivity index (χ3v) is 6.73. The van der Waals surface area contributed by atoms with Crippen LogP contribution in [0.3, 0.4) is 0 Å². The molecule has 1 aromatic carbocycles. The molecule has 1 saturated heterocycles. The van der Waals surface area contributed by atoms with E-state index < -0.39 is 0 Å². The Kier molecular flexibility index (Phi) is 5.50. The van der Waals surface area contributed by atoms with Crippen molar-refractivity contribution in [3.05, 3.63) is 46.1 Å². The number of nitrogens with one attached hydrogen (secondary N) is 1. The van der Waals surface area contributed by atoms with Gasteiger partial charge in [0.25, 0.3) is 5.91 Å². The number of rotatable bonds is 5. The van der Waals surface area contributed by atoms with Gasteiger partial charge in [0.05, 0.1) is 28.8 Å². The number of benzene rings is 1. The molecule has 4 heterocycles. The molecule has 32 heavy (non-hydrogen) atoms. The van der Waals surface area contributed by atoms with Crippen LogP contribution in [0.1, 0.15) is 10.4 Å². The van der Waals surface area contributed by atoms with E-state index in [0.29, 0.717) is 61.1 Å². The molecule has 0 aliphatic carbocycles. The lowest BCUT2D eigenvalue weighted by molar-refractivity contribution is 0.0951. The topological polar surface area (TPSA) is 92.1 Å². The molecule has 1 amide bonds. The summed E-state index contributed by atoms with van der Waals surface area (Å²) in [5.74, 6) is 0.254. The minimum absolute atomic E-state index is 0.151. The number of para-hydroxylation sites is 1. The Hall–Kier alpha value is -3.08. The van der Waals surface area contributed by atoms with Crippen LogP contribution in [-0.2, 0) is 4.74 Å². The largest absolute Gasteiger partial charge is 0.378 e. The maximum Gasteiger partial charge on any atom is 0.258 e. The summed E-state index contributed by atoms with van der Waals surface area (Å²) in [6, 6.07) is 9.58. The van der Waals surface area contributed by atoms with E-state index >= 15 is 0 Å². The van der Waals surface area contributed by atoms with E-state index in [-0.39, 0.29) is 16.9 Å². The molecule has 1 aliphatic heterocycles. The van der Waals surface area contributed by atoms with E-state index in [1.165, 1.54) is 11.3 Å². The van der Waals surface area contributed by atoms with E-state index in [2.05, 4.69) is 15.5 Å². The highest BCUT2D eigenvalue weighted by atomic mass is 32.1. The van der Waals surface area contributed by atoms with Gasteiger partial charge in [0, 0.05) is 26.2 Å². The van der Waals surface area contributed by atoms with Gasteiger partial charge in [0.1, 0.15) is 10.4 Å². The number of hydrogen-bond donors (Lipinski definition) is 1. The van der Waals surface area contributed by atoms with Crippen molar-refractivity contribution in [3.63, 3.8) is 0 Å². The van der Waals surface area contributed by atoms with E-state index in [4.69, 9.17) is 4.74 Å². The van der Waals surface area contributed by atoms with Crippen LogP contribution in [0.2, 0.25) is 0 Å². The van der Waals surface area contributed by atoms with Gasteiger partial charge in [-0.05, 0) is 32.3 Å². The number of nitrogens with zero attached hydrogens (tertiary/aromatic N) is 5. The third-order valence-electron chi connectivity index (χ3n) is 5.58. The van der Waals surface area contributed by atoms with E-state index in [1.54, 1.807) is 6.07 Å². The molecular weight excluding hydrogens is 428 g/mol. The molecule has 0 bridgehead atoms. The number of aromatic nitrogens is 3. The normalized spacial score (nSPS) is 14.7. The molecule has 9 nitrogen and oxygen atoms in total. The number of morpholine rings is 1. The van der Waals surface area contributed by atoms with Crippen LogP contribution in [0.5, 0.6) is 0 Å². The summed E-state index contributed by atoms with van der Waals surface area (Å²) >= 11 is 1.41. The van der Waals surface area contributed by atoms with Crippen LogP contribution in [0.15, 0.2) is 35.1 Å². The zero-order chi connectivity index (χ0) is 22.2. The summed E-state index contributed by atoms with van der Waals surface area (Å²) in [4.78, 5) is 31.4. The Labute approximate surface area is 188 Å². The number of hydrogen-bond acceptors (Lipinski definition) is 8. The van der Waals surface area contributed by atoms with E-state index in [1.807, 2.05) is 52.6 Å². The second-order valence-electron chi connectivity index (χ2n) is 8.01. The molecule has 4 aromatic rings. The first kappa shape index (κ1) is 20.8. The van der Waals surface area contributed by atoms with Gasteiger partial charge in [-0.15, -0.1) is 21.5 Å². The number of anilines is 1. The Bertz CT molecular complexity index is 1370. The predicted octanol–water partition coefficient (Wildman–Crippen LogP) is 1.59. The summed E-state index contributed by atoms with van der Waals surface area (Å²) in [5.41, 5.74) is 1.19. The first-order chi connectivity index (χ1) is 15.5. The zero-order valence-corrected chi connectivity index (χ0v) is 18.8. The number of fused-ring (bicyclic) bond motifs is 5. The van der Waals surface area contributed by atoms with Crippen molar-refractivity contribution in [1.29, 1.82) is 0 Å². The first-order valence-corrected chi connectivity index (χ1v) is 11.4. The van der Waals surface area contributed by atoms with Crippen molar-refractivity contribution in [2.75, 3.05) is 58.4 Å². The van der Waals surface area contributed by atoms with Crippen LogP contribution < -0.4 is 15.6 Å². The summed E-state index contributed by atoms with van der Waals surface area (Å²) in [7, 11) is 3.88. The second-order valence-corrected chi connectivity index (χ2v) is 9.04. The van der Waals surface area contributed by atoms with Crippen LogP contribution in [0.4, 0.5) is 5.82 Å². The molecule has 5 rings (SSSR count). The maximum absolute atomic E-state index is 13.6. The lowest BCUT2D eigenvalue weighted by Crippen LogP contribution is -2.37. The quantitative estimate of drug-likeness (QED) is 0.492. The van der Waals surface area contributed by atoms with Gasteiger partial charge in [-0.25, -0.2) is 0 Å². The highest BCUT2D eigenvalue weighted by molar-refractivity contribution is 7.24. The van der Waals surface area contributed by atoms with Crippen molar-refractivity contribution in [2.24, 2.45) is 0 Å². The summed E-state index contributed by atoms with van der Waals surface area (Å²) < 4.78 is 8.28. The molecule has 1 aliphatic rings. The Balaban J connectivity index is 1.73. The molecule has 1 fully saturated rings. The minimum Gasteiger partial charge on any atom is -0.378 e. The average Bonchev–Trinajstić information content (AvgIpc) is 3.18. The fraction of sp³-hybridized carbons (Fsp3) is 0.364. The molecule has 1 N–H and O–H groups in total. The van der Waals surface area contributed by atoms with Gasteiger partial charge in [0.2, 0.25) is 5.43 Å². The monoisotopic (exact) mass is 452 g/mol. The van der Waals surface area contributed by atoms with Crippen LogP contribution in [-0.4, -0.2) is 78.9 Å². The standard InChI is InChI=1S/C22H24N6O3S/c1-26(2)8-7-23-21(30)18-19(29)14-13-17(27-9-11-31-12-10-27)24-25-20(14)28-15-5-3-4-6-16(15)32-22(18)28/h3-6,13H,7-12H2,1-2H3,(H,23,30). The van der Waals surface area contributed by atoms with Crippen LogP contribution in [0, 0.1) is 0 Å². The smallest absolute Gasteiger partial charge is 0.258 e. The van der Waals surface area contributed by atoms with E-state index in [0.717, 1.165) is 10.2 Å². The predicted molar refractivity (Wildman–Crippen MR) is 126 cm³/mol. The fourth-order valence-corrected chi connectivity index (χ4v) is 5.11. The van der Waals surface area contributed by atoms with Crippen LogP contribution >= 0.6 is 11.3 Å². The number of carbonyl (C=O) groups excluding carboxylic acids is 1. The van der Waals surface area contributed by atoms with Crippen molar-refractivity contribution >= 4 is 49.1 Å². The molecule has 0 unspecified atom stereocenters. The highest BCUT2D eigenvalue weighted by Crippen LogP contribution is 2.31. The lowest BCUT2D eigenvalue weighted by atomic mass is 10.1. The number of amides is 1. The Morgan fingerprint density at radius 3 is 2.78 bits per heavy atom. The summed E-state index contributed by atoms with van der Waals surface area (Å²) in [5, 5.41) is 12.2. The summed E-state index contributed by atoms with van der Waals surface area (Å²) in [6.45, 7) is 3.71. The maximum atomic E-state index is 13.6. The molecule has 0 saturated carbocycles. The SMILES string of the molecule is CN(C)CCNC(=O)c1c(=O)c2cc(N3CCOCC3)nnc2n2c1sc1ccccc12. The molecule has 10 heteroatoms. The Morgan fingerprint density at radius 2 is 2.00 bits per heavy atom. The number of ether oxygens (including phenoxy) is 1. The van der Waals surface area contributed by atoms with Crippen LogP contribution in [0.25, 0.3) is 26.1 Å². The number of carbonyl (C=O) groups is 1. The number of thiazole rings is 1. The van der Waals surface area contributed by atoms with Gasteiger partial charge >= 0.3 is 0 Å². The molecule has 0 atom stereocenters. The second kappa shape index (κ2) is 8.45. The molecule has 3 aromatic heterocycles. The van der Waals surface area contributed by atoms with Gasteiger partial charge in [0.15, 0.2) is 11.5 Å². The molecule has 166 valence electrons. The third kappa shape index (κ3) is 3.60. The minimum atomic E-state index is -0.368. The van der Waals surface area contributed by atoms with Crippen molar-refractivity contribution in [2.45, 2.75) is 0 Å². The lowest BCUT2D eigenvalue weighted by Gasteiger charge is -2.27. The Morgan fingerprint density at radius 1 is 1.22 bits per heavy atom.